The van der Waals surface area contributed by atoms with Crippen molar-refractivity contribution in [3.8, 4) is 0 Å². The van der Waals surface area contributed by atoms with Crippen LogP contribution in [-0.2, 0) is 16.0 Å². The van der Waals surface area contributed by atoms with Crippen LogP contribution in [0.2, 0.25) is 0 Å². The average Bonchev–Trinajstić information content (AvgIpc) is 2.78. The molecule has 0 fully saturated rings. The van der Waals surface area contributed by atoms with E-state index in [0.29, 0.717) is 13.0 Å². The first-order valence-corrected chi connectivity index (χ1v) is 5.27. The Balaban J connectivity index is 0.000000258. The van der Waals surface area contributed by atoms with Crippen molar-refractivity contribution < 1.29 is 28.6 Å². The minimum Gasteiger partial charge on any atom is -0.473 e. The average molecular weight is 269 g/mol. The van der Waals surface area contributed by atoms with E-state index in [1.54, 1.807) is 12.3 Å². The first-order valence-electron chi connectivity index (χ1n) is 5.27. The van der Waals surface area contributed by atoms with Gasteiger partial charge >= 0.3 is 11.9 Å². The fourth-order valence-corrected chi connectivity index (χ4v) is 1.46. The van der Waals surface area contributed by atoms with E-state index < -0.39 is 11.9 Å². The highest BCUT2D eigenvalue weighted by atomic mass is 19.1. The topological polar surface area (TPSA) is 114 Å². The third-order valence-electron chi connectivity index (χ3n) is 2.19. The Labute approximate surface area is 107 Å². The predicted octanol–water partition coefficient (Wildman–Crippen LogP) is 1.23. The van der Waals surface area contributed by atoms with Gasteiger partial charge in [-0.25, -0.2) is 14.0 Å². The molecule has 0 saturated carbocycles. The molecule has 6 nitrogen and oxygen atoms in total. The first-order chi connectivity index (χ1) is 8.95. The van der Waals surface area contributed by atoms with Gasteiger partial charge in [-0.15, -0.1) is 0 Å². The van der Waals surface area contributed by atoms with Gasteiger partial charge < -0.3 is 20.4 Å². The molecule has 1 aromatic carbocycles. The van der Waals surface area contributed by atoms with E-state index in [0.717, 1.165) is 16.5 Å². The standard InChI is InChI=1S/C10H10FNO.C2H2O4/c11-9-5-7(1-3-12)10-8(6-9)2-4-13-10;3-1(4)2(5)6/h2,4-6H,1,3,12H2;(H,3,4)(H,5,6). The van der Waals surface area contributed by atoms with Gasteiger partial charge in [0.05, 0.1) is 6.26 Å². The van der Waals surface area contributed by atoms with Crippen molar-refractivity contribution in [1.29, 1.82) is 0 Å². The number of halogens is 1. The Morgan fingerprint density at radius 2 is 1.89 bits per heavy atom. The van der Waals surface area contributed by atoms with Crippen LogP contribution in [0.1, 0.15) is 5.56 Å². The normalized spacial score (nSPS) is 9.79. The maximum absolute atomic E-state index is 13.0. The fraction of sp³-hybridized carbons (Fsp3) is 0.167. The monoisotopic (exact) mass is 269 g/mol. The number of benzene rings is 1. The number of furan rings is 1. The number of hydrogen-bond donors (Lipinski definition) is 3. The number of fused-ring (bicyclic) bond motifs is 1. The SMILES string of the molecule is NCCc1cc(F)cc2ccoc12.O=C(O)C(=O)O. The molecular weight excluding hydrogens is 257 g/mol. The number of nitrogens with two attached hydrogens (primary N) is 1. The zero-order valence-corrected chi connectivity index (χ0v) is 9.80. The Morgan fingerprint density at radius 1 is 1.26 bits per heavy atom. The van der Waals surface area contributed by atoms with Gasteiger partial charge in [-0.3, -0.25) is 0 Å². The van der Waals surface area contributed by atoms with Crippen molar-refractivity contribution in [2.45, 2.75) is 6.42 Å². The van der Waals surface area contributed by atoms with E-state index in [2.05, 4.69) is 0 Å². The lowest BCUT2D eigenvalue weighted by Crippen LogP contribution is -2.09. The second kappa shape index (κ2) is 6.50. The van der Waals surface area contributed by atoms with E-state index in [9.17, 15) is 4.39 Å². The number of aliphatic carboxylic acids is 2. The van der Waals surface area contributed by atoms with Crippen molar-refractivity contribution in [2.24, 2.45) is 5.73 Å². The summed E-state index contributed by atoms with van der Waals surface area (Å²) in [5.41, 5.74) is 6.98. The van der Waals surface area contributed by atoms with E-state index in [1.165, 1.54) is 12.1 Å². The summed E-state index contributed by atoms with van der Waals surface area (Å²) in [4.78, 5) is 18.2. The zero-order chi connectivity index (χ0) is 14.4. The van der Waals surface area contributed by atoms with Crippen LogP contribution in [0.3, 0.4) is 0 Å². The van der Waals surface area contributed by atoms with Crippen LogP contribution < -0.4 is 5.73 Å². The molecular formula is C12H12FNO5. The molecule has 0 radical (unpaired) electrons. The summed E-state index contributed by atoms with van der Waals surface area (Å²) in [5, 5.41) is 15.6. The number of carbonyl (C=O) groups is 2. The summed E-state index contributed by atoms with van der Waals surface area (Å²) in [7, 11) is 0. The lowest BCUT2D eigenvalue weighted by atomic mass is 10.1. The van der Waals surface area contributed by atoms with Crippen molar-refractivity contribution in [3.05, 3.63) is 35.8 Å². The number of hydrogen-bond acceptors (Lipinski definition) is 4. The molecule has 0 aliphatic rings. The molecule has 4 N–H and O–H groups in total. The number of rotatable bonds is 2. The van der Waals surface area contributed by atoms with Crippen LogP contribution in [0.25, 0.3) is 11.0 Å². The van der Waals surface area contributed by atoms with Crippen LogP contribution >= 0.6 is 0 Å². The van der Waals surface area contributed by atoms with Gasteiger partial charge in [0.2, 0.25) is 0 Å². The van der Waals surface area contributed by atoms with Gasteiger partial charge in [-0.1, -0.05) is 0 Å². The van der Waals surface area contributed by atoms with Crippen molar-refractivity contribution in [1.82, 2.24) is 0 Å². The third-order valence-corrected chi connectivity index (χ3v) is 2.19. The maximum Gasteiger partial charge on any atom is 0.414 e. The van der Waals surface area contributed by atoms with Crippen molar-refractivity contribution >= 4 is 22.9 Å². The van der Waals surface area contributed by atoms with Crippen LogP contribution in [0.5, 0.6) is 0 Å². The largest absolute Gasteiger partial charge is 0.473 e. The summed E-state index contributed by atoms with van der Waals surface area (Å²) in [6, 6.07) is 4.68. The molecule has 0 saturated heterocycles. The van der Waals surface area contributed by atoms with Gasteiger partial charge in [-0.2, -0.15) is 0 Å². The lowest BCUT2D eigenvalue weighted by molar-refractivity contribution is -0.159. The molecule has 0 atom stereocenters. The summed E-state index contributed by atoms with van der Waals surface area (Å²) >= 11 is 0. The summed E-state index contributed by atoms with van der Waals surface area (Å²) < 4.78 is 18.2. The first kappa shape index (κ1) is 14.7. The maximum atomic E-state index is 13.0. The van der Waals surface area contributed by atoms with E-state index >= 15 is 0 Å². The smallest absolute Gasteiger partial charge is 0.414 e. The minimum absolute atomic E-state index is 0.239. The molecule has 0 aliphatic heterocycles. The van der Waals surface area contributed by atoms with E-state index in [-0.39, 0.29) is 5.82 Å². The van der Waals surface area contributed by atoms with Crippen molar-refractivity contribution in [2.75, 3.05) is 6.54 Å². The molecule has 0 unspecified atom stereocenters. The Morgan fingerprint density at radius 3 is 2.42 bits per heavy atom. The van der Waals surface area contributed by atoms with E-state index in [1.807, 2.05) is 0 Å². The summed E-state index contributed by atoms with van der Waals surface area (Å²) in [5.74, 6) is -3.89. The van der Waals surface area contributed by atoms with E-state index in [4.69, 9.17) is 30.0 Å². The molecule has 2 aromatic rings. The Kier molecular flexibility index (Phi) is 5.01. The number of carboxylic acid groups (broad SMARTS) is 2. The highest BCUT2D eigenvalue weighted by molar-refractivity contribution is 6.27. The van der Waals surface area contributed by atoms with Crippen LogP contribution in [0, 0.1) is 5.82 Å². The van der Waals surface area contributed by atoms with Crippen molar-refractivity contribution in [3.63, 3.8) is 0 Å². The lowest BCUT2D eigenvalue weighted by Gasteiger charge is -1.99. The third kappa shape index (κ3) is 4.07. The molecule has 1 heterocycles. The fourth-order valence-electron chi connectivity index (χ4n) is 1.46. The van der Waals surface area contributed by atoms with Crippen LogP contribution in [-0.4, -0.2) is 28.7 Å². The molecule has 0 spiro atoms. The van der Waals surface area contributed by atoms with Gasteiger partial charge in [0.1, 0.15) is 11.4 Å². The van der Waals surface area contributed by atoms with Crippen LogP contribution in [0.4, 0.5) is 4.39 Å². The highest BCUT2D eigenvalue weighted by Gasteiger charge is 2.06. The number of carboxylic acids is 2. The summed E-state index contributed by atoms with van der Waals surface area (Å²) in [6.45, 7) is 0.499. The second-order valence-electron chi connectivity index (χ2n) is 3.55. The van der Waals surface area contributed by atoms with Gasteiger partial charge in [-0.05, 0) is 36.7 Å². The Bertz CT molecular complexity index is 581. The molecule has 0 amide bonds. The molecule has 102 valence electrons. The molecule has 7 heteroatoms. The minimum atomic E-state index is -1.82. The van der Waals surface area contributed by atoms with Gasteiger partial charge in [0.15, 0.2) is 0 Å². The van der Waals surface area contributed by atoms with Gasteiger partial charge in [0.25, 0.3) is 0 Å². The predicted molar refractivity (Wildman–Crippen MR) is 64.2 cm³/mol. The zero-order valence-electron chi connectivity index (χ0n) is 9.80. The second-order valence-corrected chi connectivity index (χ2v) is 3.55. The molecule has 2 rings (SSSR count). The Hall–Kier alpha value is -2.41. The summed E-state index contributed by atoms with van der Waals surface area (Å²) in [6.07, 6.45) is 2.20. The molecule has 0 aliphatic carbocycles. The quantitative estimate of drug-likeness (QED) is 0.706. The molecule has 19 heavy (non-hydrogen) atoms. The van der Waals surface area contributed by atoms with Gasteiger partial charge in [0, 0.05) is 5.39 Å². The highest BCUT2D eigenvalue weighted by Crippen LogP contribution is 2.21. The van der Waals surface area contributed by atoms with Crippen LogP contribution in [0.15, 0.2) is 28.9 Å². The molecule has 1 aromatic heterocycles. The molecule has 0 bridgehead atoms.